The Hall–Kier alpha value is -2.82. The number of methoxy groups -OCH3 is 1. The predicted octanol–water partition coefficient (Wildman–Crippen LogP) is 3.72. The fraction of sp³-hybridized carbons (Fsp3) is 0.300. The number of hydrogen-bond acceptors (Lipinski definition) is 5. The van der Waals surface area contributed by atoms with Crippen LogP contribution >= 0.6 is 0 Å². The van der Waals surface area contributed by atoms with Crippen molar-refractivity contribution in [2.24, 2.45) is 0 Å². The zero-order valence-electron chi connectivity index (χ0n) is 14.4. The molecule has 0 amide bonds. The van der Waals surface area contributed by atoms with Gasteiger partial charge in [0.2, 0.25) is 0 Å². The Balaban J connectivity index is 1.47. The van der Waals surface area contributed by atoms with Crippen molar-refractivity contribution in [2.75, 3.05) is 30.4 Å². The summed E-state index contributed by atoms with van der Waals surface area (Å²) in [4.78, 5) is 11.7. The van der Waals surface area contributed by atoms with Crippen LogP contribution in [0.15, 0.2) is 54.7 Å². The maximum Gasteiger partial charge on any atom is 0.147 e. The summed E-state index contributed by atoms with van der Waals surface area (Å²) < 4.78 is 5.22. The predicted molar refractivity (Wildman–Crippen MR) is 101 cm³/mol. The van der Waals surface area contributed by atoms with Crippen molar-refractivity contribution in [3.8, 4) is 5.75 Å². The Bertz CT molecular complexity index is 850. The third kappa shape index (κ3) is 3.50. The van der Waals surface area contributed by atoms with Crippen LogP contribution in [0.4, 0.5) is 11.5 Å². The van der Waals surface area contributed by atoms with E-state index in [1.165, 1.54) is 0 Å². The zero-order chi connectivity index (χ0) is 17.1. The van der Waals surface area contributed by atoms with Crippen LogP contribution < -0.4 is 15.0 Å². The average Bonchev–Trinajstić information content (AvgIpc) is 2.68. The summed E-state index contributed by atoms with van der Waals surface area (Å²) in [5.74, 6) is 1.84. The number of nitrogens with zero attached hydrogens (tertiary/aromatic N) is 3. The van der Waals surface area contributed by atoms with Gasteiger partial charge in [0, 0.05) is 24.8 Å². The van der Waals surface area contributed by atoms with E-state index >= 15 is 0 Å². The second kappa shape index (κ2) is 6.97. The van der Waals surface area contributed by atoms with Crippen molar-refractivity contribution in [2.45, 2.75) is 18.9 Å². The smallest absolute Gasteiger partial charge is 0.147 e. The van der Waals surface area contributed by atoms with Crippen molar-refractivity contribution in [3.63, 3.8) is 0 Å². The molecule has 1 aromatic heterocycles. The van der Waals surface area contributed by atoms with E-state index in [0.717, 1.165) is 54.2 Å². The van der Waals surface area contributed by atoms with Gasteiger partial charge in [-0.1, -0.05) is 12.1 Å². The maximum atomic E-state index is 5.22. The van der Waals surface area contributed by atoms with Crippen LogP contribution in [0.5, 0.6) is 5.75 Å². The van der Waals surface area contributed by atoms with Gasteiger partial charge in [0.15, 0.2) is 0 Å². The lowest BCUT2D eigenvalue weighted by molar-refractivity contribution is 0.415. The normalized spacial score (nSPS) is 17.5. The van der Waals surface area contributed by atoms with Crippen molar-refractivity contribution < 1.29 is 4.74 Å². The van der Waals surface area contributed by atoms with Gasteiger partial charge >= 0.3 is 0 Å². The van der Waals surface area contributed by atoms with Crippen LogP contribution in [-0.2, 0) is 0 Å². The first-order valence-corrected chi connectivity index (χ1v) is 8.69. The minimum Gasteiger partial charge on any atom is -0.497 e. The molecule has 4 rings (SSSR count). The van der Waals surface area contributed by atoms with Crippen LogP contribution in [-0.4, -0.2) is 36.2 Å². The van der Waals surface area contributed by atoms with E-state index in [2.05, 4.69) is 27.3 Å². The number of benzene rings is 2. The monoisotopic (exact) mass is 334 g/mol. The molecule has 25 heavy (non-hydrogen) atoms. The van der Waals surface area contributed by atoms with Gasteiger partial charge in [-0.15, -0.1) is 0 Å². The molecular weight excluding hydrogens is 312 g/mol. The summed E-state index contributed by atoms with van der Waals surface area (Å²) in [6.45, 7) is 1.95. The molecule has 1 fully saturated rings. The van der Waals surface area contributed by atoms with E-state index in [9.17, 15) is 0 Å². The lowest BCUT2D eigenvalue weighted by Crippen LogP contribution is -2.42. The molecule has 0 saturated carbocycles. The minimum atomic E-state index is 0.399. The first-order chi connectivity index (χ1) is 12.3. The van der Waals surface area contributed by atoms with Gasteiger partial charge in [-0.05, 0) is 49.2 Å². The molecule has 1 atom stereocenters. The van der Waals surface area contributed by atoms with Crippen LogP contribution in [0.25, 0.3) is 11.0 Å². The largest absolute Gasteiger partial charge is 0.497 e. The van der Waals surface area contributed by atoms with Gasteiger partial charge in [0.1, 0.15) is 11.6 Å². The molecule has 1 unspecified atom stereocenters. The Morgan fingerprint density at radius 3 is 2.68 bits per heavy atom. The third-order valence-corrected chi connectivity index (χ3v) is 4.64. The number of nitrogens with one attached hydrogen (secondary N) is 1. The summed E-state index contributed by atoms with van der Waals surface area (Å²) in [7, 11) is 1.69. The van der Waals surface area contributed by atoms with Crippen LogP contribution in [0.1, 0.15) is 12.8 Å². The van der Waals surface area contributed by atoms with Gasteiger partial charge in [0.25, 0.3) is 0 Å². The number of rotatable bonds is 4. The summed E-state index contributed by atoms with van der Waals surface area (Å²) in [6, 6.07) is 16.5. The van der Waals surface area contributed by atoms with Crippen molar-refractivity contribution >= 4 is 22.5 Å². The van der Waals surface area contributed by atoms with Crippen molar-refractivity contribution in [3.05, 3.63) is 54.7 Å². The SMILES string of the molecule is COc1ccc(NC2CCCN(c3cnc4ccccc4n3)C2)cc1. The van der Waals surface area contributed by atoms with E-state index < -0.39 is 0 Å². The Morgan fingerprint density at radius 2 is 1.88 bits per heavy atom. The highest BCUT2D eigenvalue weighted by molar-refractivity contribution is 5.75. The number of ether oxygens (including phenoxy) is 1. The fourth-order valence-electron chi connectivity index (χ4n) is 3.33. The Labute approximate surface area is 147 Å². The number of fused-ring (bicyclic) bond motifs is 1. The fourth-order valence-corrected chi connectivity index (χ4v) is 3.33. The van der Waals surface area contributed by atoms with Crippen molar-refractivity contribution in [1.29, 1.82) is 0 Å². The highest BCUT2D eigenvalue weighted by atomic mass is 16.5. The lowest BCUT2D eigenvalue weighted by atomic mass is 10.1. The average molecular weight is 334 g/mol. The molecule has 1 aliphatic heterocycles. The molecule has 1 aliphatic rings. The third-order valence-electron chi connectivity index (χ3n) is 4.64. The van der Waals surface area contributed by atoms with E-state index in [4.69, 9.17) is 9.72 Å². The van der Waals surface area contributed by atoms with Gasteiger partial charge < -0.3 is 15.0 Å². The molecular formula is C20H22N4O. The molecule has 5 heteroatoms. The lowest BCUT2D eigenvalue weighted by Gasteiger charge is -2.34. The number of aromatic nitrogens is 2. The molecule has 1 N–H and O–H groups in total. The topological polar surface area (TPSA) is 50.3 Å². The van der Waals surface area contributed by atoms with Gasteiger partial charge in [0.05, 0.1) is 24.3 Å². The molecule has 0 bridgehead atoms. The summed E-state index contributed by atoms with van der Waals surface area (Å²) >= 11 is 0. The van der Waals surface area contributed by atoms with Gasteiger partial charge in [-0.3, -0.25) is 4.98 Å². The molecule has 0 radical (unpaired) electrons. The zero-order valence-corrected chi connectivity index (χ0v) is 14.4. The van der Waals surface area contributed by atoms with Crippen LogP contribution in [0.3, 0.4) is 0 Å². The Morgan fingerprint density at radius 1 is 1.08 bits per heavy atom. The summed E-state index contributed by atoms with van der Waals surface area (Å²) in [6.07, 6.45) is 4.18. The van der Waals surface area contributed by atoms with Gasteiger partial charge in [-0.25, -0.2) is 4.98 Å². The standard InChI is InChI=1S/C20H22N4O/c1-25-17-10-8-15(9-11-17)22-16-5-4-12-24(14-16)20-13-21-18-6-2-3-7-19(18)23-20/h2-3,6-11,13,16,22H,4-5,12,14H2,1H3. The van der Waals surface area contributed by atoms with E-state index in [1.807, 2.05) is 42.6 Å². The van der Waals surface area contributed by atoms with Gasteiger partial charge in [-0.2, -0.15) is 0 Å². The molecule has 5 nitrogen and oxygen atoms in total. The second-order valence-corrected chi connectivity index (χ2v) is 6.37. The van der Waals surface area contributed by atoms with Crippen LogP contribution in [0, 0.1) is 0 Å². The first-order valence-electron chi connectivity index (χ1n) is 8.69. The second-order valence-electron chi connectivity index (χ2n) is 6.37. The number of piperidine rings is 1. The van der Waals surface area contributed by atoms with E-state index in [1.54, 1.807) is 7.11 Å². The van der Waals surface area contributed by atoms with E-state index in [0.29, 0.717) is 6.04 Å². The molecule has 2 aromatic carbocycles. The highest BCUT2D eigenvalue weighted by Crippen LogP contribution is 2.23. The minimum absolute atomic E-state index is 0.399. The van der Waals surface area contributed by atoms with Crippen molar-refractivity contribution in [1.82, 2.24) is 9.97 Å². The first kappa shape index (κ1) is 15.7. The van der Waals surface area contributed by atoms with Crippen LogP contribution in [0.2, 0.25) is 0 Å². The summed E-state index contributed by atoms with van der Waals surface area (Å²) in [5, 5.41) is 3.62. The number of anilines is 2. The number of para-hydroxylation sites is 2. The molecule has 128 valence electrons. The molecule has 2 heterocycles. The molecule has 0 spiro atoms. The maximum absolute atomic E-state index is 5.22. The summed E-state index contributed by atoms with van der Waals surface area (Å²) in [5.41, 5.74) is 3.01. The highest BCUT2D eigenvalue weighted by Gasteiger charge is 2.21. The quantitative estimate of drug-likeness (QED) is 0.788. The molecule has 0 aliphatic carbocycles. The molecule has 1 saturated heterocycles. The number of hydrogen-bond donors (Lipinski definition) is 1. The molecule has 3 aromatic rings. The van der Waals surface area contributed by atoms with E-state index in [-0.39, 0.29) is 0 Å². The Kier molecular flexibility index (Phi) is 4.37.